The summed E-state index contributed by atoms with van der Waals surface area (Å²) >= 11 is 0. The van der Waals surface area contributed by atoms with E-state index in [-0.39, 0.29) is 11.4 Å². The van der Waals surface area contributed by atoms with Crippen molar-refractivity contribution in [3.63, 3.8) is 0 Å². The number of nitro groups is 1. The third-order valence-corrected chi connectivity index (χ3v) is 2.59. The maximum Gasteiger partial charge on any atom is 0.306 e. The second-order valence-electron chi connectivity index (χ2n) is 4.22. The van der Waals surface area contributed by atoms with Crippen LogP contribution in [0.1, 0.15) is 0 Å². The minimum Gasteiger partial charge on any atom is -0.484 e. The number of rotatable bonds is 5. The Hall–Kier alpha value is -3.03. The van der Waals surface area contributed by atoms with Gasteiger partial charge in [0.25, 0.3) is 5.91 Å². The molecule has 6 nitrogen and oxygen atoms in total. The van der Waals surface area contributed by atoms with Crippen LogP contribution in [0.25, 0.3) is 0 Å². The van der Waals surface area contributed by atoms with Gasteiger partial charge in [-0.05, 0) is 24.3 Å². The molecular formula is C14H10F2N2O4. The Morgan fingerprint density at radius 2 is 2.00 bits per heavy atom. The molecule has 1 N–H and O–H groups in total. The average Bonchev–Trinajstić information content (AvgIpc) is 2.47. The molecule has 1 amide bonds. The van der Waals surface area contributed by atoms with Gasteiger partial charge in [0.15, 0.2) is 6.61 Å². The summed E-state index contributed by atoms with van der Waals surface area (Å²) in [6, 6.07) is 8.19. The monoisotopic (exact) mass is 308 g/mol. The highest BCUT2D eigenvalue weighted by Crippen LogP contribution is 2.21. The van der Waals surface area contributed by atoms with Crippen molar-refractivity contribution in [1.82, 2.24) is 0 Å². The van der Waals surface area contributed by atoms with Crippen molar-refractivity contribution in [1.29, 1.82) is 0 Å². The number of benzene rings is 2. The number of nitrogens with zero attached hydrogens (tertiary/aromatic N) is 1. The minimum absolute atomic E-state index is 0.0564. The maximum absolute atomic E-state index is 13.2. The number of hydrogen-bond donors (Lipinski definition) is 1. The van der Waals surface area contributed by atoms with E-state index in [0.717, 1.165) is 18.2 Å². The lowest BCUT2D eigenvalue weighted by Gasteiger charge is -2.07. The van der Waals surface area contributed by atoms with Gasteiger partial charge in [0.1, 0.15) is 11.6 Å². The number of anilines is 1. The maximum atomic E-state index is 13.2. The quantitative estimate of drug-likeness (QED) is 0.680. The predicted molar refractivity (Wildman–Crippen MR) is 73.6 cm³/mol. The van der Waals surface area contributed by atoms with Crippen LogP contribution < -0.4 is 10.1 Å². The van der Waals surface area contributed by atoms with E-state index in [1.54, 1.807) is 0 Å². The van der Waals surface area contributed by atoms with Gasteiger partial charge in [-0.15, -0.1) is 0 Å². The summed E-state index contributed by atoms with van der Waals surface area (Å²) in [5.74, 6) is -1.96. The van der Waals surface area contributed by atoms with E-state index < -0.39 is 34.8 Å². The van der Waals surface area contributed by atoms with E-state index in [1.165, 1.54) is 24.3 Å². The van der Waals surface area contributed by atoms with Crippen molar-refractivity contribution in [2.45, 2.75) is 0 Å². The first kappa shape index (κ1) is 15.4. The molecule has 0 aromatic heterocycles. The van der Waals surface area contributed by atoms with E-state index in [4.69, 9.17) is 4.74 Å². The summed E-state index contributed by atoms with van der Waals surface area (Å²) in [6.07, 6.45) is 0. The van der Waals surface area contributed by atoms with Crippen LogP contribution in [0.5, 0.6) is 5.75 Å². The normalized spacial score (nSPS) is 10.1. The predicted octanol–water partition coefficient (Wildman–Crippen LogP) is 2.89. The lowest BCUT2D eigenvalue weighted by atomic mass is 10.2. The highest BCUT2D eigenvalue weighted by molar-refractivity contribution is 5.92. The van der Waals surface area contributed by atoms with E-state index >= 15 is 0 Å². The SMILES string of the molecule is O=C(COc1cccc(F)c1)Nc1ccc(F)c([N+](=O)[O-])c1. The Balaban J connectivity index is 1.97. The number of hydrogen-bond acceptors (Lipinski definition) is 4. The second-order valence-corrected chi connectivity index (χ2v) is 4.22. The van der Waals surface area contributed by atoms with E-state index in [1.807, 2.05) is 0 Å². The minimum atomic E-state index is -1.00. The summed E-state index contributed by atoms with van der Waals surface area (Å²) in [5, 5.41) is 12.9. The fourth-order valence-electron chi connectivity index (χ4n) is 1.63. The van der Waals surface area contributed by atoms with Crippen molar-refractivity contribution < 1.29 is 23.2 Å². The molecule has 0 aliphatic heterocycles. The zero-order chi connectivity index (χ0) is 16.1. The Kier molecular flexibility index (Phi) is 4.62. The van der Waals surface area contributed by atoms with Crippen molar-refractivity contribution in [2.24, 2.45) is 0 Å². The molecule has 0 heterocycles. The van der Waals surface area contributed by atoms with Gasteiger partial charge in [-0.2, -0.15) is 4.39 Å². The highest BCUT2D eigenvalue weighted by Gasteiger charge is 2.15. The summed E-state index contributed by atoms with van der Waals surface area (Å²) in [4.78, 5) is 21.3. The molecule has 22 heavy (non-hydrogen) atoms. The van der Waals surface area contributed by atoms with Gasteiger partial charge in [-0.3, -0.25) is 14.9 Å². The summed E-state index contributed by atoms with van der Waals surface area (Å²) in [5.41, 5.74) is -0.690. The first-order valence-corrected chi connectivity index (χ1v) is 6.08. The fraction of sp³-hybridized carbons (Fsp3) is 0.0714. The van der Waals surface area contributed by atoms with E-state index in [0.29, 0.717) is 0 Å². The van der Waals surface area contributed by atoms with Gasteiger partial charge in [0.2, 0.25) is 5.82 Å². The van der Waals surface area contributed by atoms with Gasteiger partial charge in [0.05, 0.1) is 4.92 Å². The summed E-state index contributed by atoms with van der Waals surface area (Å²) in [7, 11) is 0. The average molecular weight is 308 g/mol. The molecule has 2 aromatic rings. The van der Waals surface area contributed by atoms with Gasteiger partial charge in [0, 0.05) is 17.8 Å². The molecule has 0 aliphatic rings. The van der Waals surface area contributed by atoms with Crippen molar-refractivity contribution >= 4 is 17.3 Å². The molecule has 0 unspecified atom stereocenters. The van der Waals surface area contributed by atoms with Crippen LogP contribution in [0.15, 0.2) is 42.5 Å². The molecule has 0 saturated heterocycles. The fourth-order valence-corrected chi connectivity index (χ4v) is 1.63. The number of amides is 1. The van der Waals surface area contributed by atoms with Gasteiger partial charge >= 0.3 is 5.69 Å². The van der Waals surface area contributed by atoms with Gasteiger partial charge in [-0.25, -0.2) is 4.39 Å². The Morgan fingerprint density at radius 1 is 1.23 bits per heavy atom. The van der Waals surface area contributed by atoms with E-state index in [9.17, 15) is 23.7 Å². The largest absolute Gasteiger partial charge is 0.484 e. The molecule has 0 aliphatic carbocycles. The van der Waals surface area contributed by atoms with Crippen LogP contribution >= 0.6 is 0 Å². The number of carbonyl (C=O) groups is 1. The van der Waals surface area contributed by atoms with Crippen LogP contribution in [0, 0.1) is 21.7 Å². The van der Waals surface area contributed by atoms with Crippen molar-refractivity contribution in [2.75, 3.05) is 11.9 Å². The van der Waals surface area contributed by atoms with Crippen LogP contribution in [-0.2, 0) is 4.79 Å². The first-order chi connectivity index (χ1) is 10.5. The standard InChI is InChI=1S/C14H10F2N2O4/c15-9-2-1-3-11(6-9)22-8-14(19)17-10-4-5-12(16)13(7-10)18(20)21/h1-7H,8H2,(H,17,19). The summed E-state index contributed by atoms with van der Waals surface area (Å²) in [6.45, 7) is -0.422. The third kappa shape index (κ3) is 3.98. The second kappa shape index (κ2) is 6.61. The number of carbonyl (C=O) groups excluding carboxylic acids is 1. The molecular weight excluding hydrogens is 298 g/mol. The molecule has 0 radical (unpaired) electrons. The first-order valence-electron chi connectivity index (χ1n) is 6.08. The van der Waals surface area contributed by atoms with E-state index in [2.05, 4.69) is 5.32 Å². The molecule has 0 spiro atoms. The van der Waals surface area contributed by atoms with Crippen molar-refractivity contribution in [3.8, 4) is 5.75 Å². The number of ether oxygens (including phenoxy) is 1. The Labute approximate surface area is 123 Å². The molecule has 2 aromatic carbocycles. The van der Waals surface area contributed by atoms with Crippen LogP contribution in [0.3, 0.4) is 0 Å². The number of halogens is 2. The molecule has 0 fully saturated rings. The van der Waals surface area contributed by atoms with Crippen LogP contribution in [0.4, 0.5) is 20.2 Å². The lowest BCUT2D eigenvalue weighted by Crippen LogP contribution is -2.20. The molecule has 2 rings (SSSR count). The zero-order valence-corrected chi connectivity index (χ0v) is 11.1. The number of nitrogens with one attached hydrogen (secondary N) is 1. The molecule has 0 bridgehead atoms. The van der Waals surface area contributed by atoms with Gasteiger partial charge in [-0.1, -0.05) is 6.07 Å². The lowest BCUT2D eigenvalue weighted by molar-refractivity contribution is -0.387. The zero-order valence-electron chi connectivity index (χ0n) is 11.1. The topological polar surface area (TPSA) is 81.5 Å². The molecule has 0 saturated carbocycles. The summed E-state index contributed by atoms with van der Waals surface area (Å²) < 4.78 is 31.1. The Morgan fingerprint density at radius 3 is 2.68 bits per heavy atom. The molecule has 0 atom stereocenters. The van der Waals surface area contributed by atoms with Crippen LogP contribution in [0.2, 0.25) is 0 Å². The number of nitro benzene ring substituents is 1. The van der Waals surface area contributed by atoms with Gasteiger partial charge < -0.3 is 10.1 Å². The third-order valence-electron chi connectivity index (χ3n) is 2.59. The smallest absolute Gasteiger partial charge is 0.306 e. The van der Waals surface area contributed by atoms with Crippen LogP contribution in [-0.4, -0.2) is 17.4 Å². The molecule has 8 heteroatoms. The van der Waals surface area contributed by atoms with Crippen molar-refractivity contribution in [3.05, 3.63) is 64.2 Å². The highest BCUT2D eigenvalue weighted by atomic mass is 19.1. The molecule has 114 valence electrons. The Bertz CT molecular complexity index is 722.